The van der Waals surface area contributed by atoms with Crippen LogP contribution in [0.5, 0.6) is 0 Å². The number of hydrogen-bond donors (Lipinski definition) is 1. The van der Waals surface area contributed by atoms with Gasteiger partial charge in [0.25, 0.3) is 0 Å². The molecule has 0 saturated heterocycles. The standard InChI is InChI=1S/C9H21N/c1-7(2)6-8(3)9(4,5)10/h7-8H,6,10H2,1-5H3/t8-/m1/s1. The zero-order chi connectivity index (χ0) is 8.36. The Bertz CT molecular complexity index is 89.4. The monoisotopic (exact) mass is 143 g/mol. The molecule has 0 aliphatic rings. The zero-order valence-corrected chi connectivity index (χ0v) is 7.94. The van der Waals surface area contributed by atoms with Crippen LogP contribution in [0.4, 0.5) is 0 Å². The third-order valence-electron chi connectivity index (χ3n) is 2.10. The smallest absolute Gasteiger partial charge is 0.0123 e. The van der Waals surface area contributed by atoms with Crippen LogP contribution in [0.15, 0.2) is 0 Å². The van der Waals surface area contributed by atoms with E-state index in [0.717, 1.165) is 5.92 Å². The van der Waals surface area contributed by atoms with E-state index in [1.54, 1.807) is 0 Å². The van der Waals surface area contributed by atoms with Crippen LogP contribution in [0, 0.1) is 11.8 Å². The highest BCUT2D eigenvalue weighted by Gasteiger charge is 2.20. The Morgan fingerprint density at radius 1 is 1.20 bits per heavy atom. The Hall–Kier alpha value is -0.0400. The maximum atomic E-state index is 5.93. The van der Waals surface area contributed by atoms with Gasteiger partial charge in [0.2, 0.25) is 0 Å². The molecular formula is C9H21N. The first-order valence-corrected chi connectivity index (χ1v) is 4.13. The molecule has 0 amide bonds. The van der Waals surface area contributed by atoms with E-state index in [1.807, 2.05) is 0 Å². The molecule has 0 rings (SSSR count). The second kappa shape index (κ2) is 3.38. The summed E-state index contributed by atoms with van der Waals surface area (Å²) in [4.78, 5) is 0. The van der Waals surface area contributed by atoms with Gasteiger partial charge in [-0.1, -0.05) is 20.8 Å². The van der Waals surface area contributed by atoms with Crippen LogP contribution in [0.2, 0.25) is 0 Å². The Kier molecular flexibility index (Phi) is 3.37. The summed E-state index contributed by atoms with van der Waals surface area (Å²) in [5.41, 5.74) is 5.92. The first-order chi connectivity index (χ1) is 4.34. The van der Waals surface area contributed by atoms with Gasteiger partial charge in [0.15, 0.2) is 0 Å². The van der Waals surface area contributed by atoms with Crippen molar-refractivity contribution in [3.05, 3.63) is 0 Å². The van der Waals surface area contributed by atoms with Crippen molar-refractivity contribution in [2.24, 2.45) is 17.6 Å². The van der Waals surface area contributed by atoms with Crippen LogP contribution in [-0.2, 0) is 0 Å². The van der Waals surface area contributed by atoms with Gasteiger partial charge >= 0.3 is 0 Å². The molecule has 0 aliphatic carbocycles. The van der Waals surface area contributed by atoms with Crippen molar-refractivity contribution in [3.8, 4) is 0 Å². The highest BCUT2D eigenvalue weighted by atomic mass is 14.7. The fourth-order valence-corrected chi connectivity index (χ4v) is 1.01. The van der Waals surface area contributed by atoms with Crippen molar-refractivity contribution in [3.63, 3.8) is 0 Å². The molecule has 0 aliphatic heterocycles. The molecule has 10 heavy (non-hydrogen) atoms. The molecule has 0 fully saturated rings. The van der Waals surface area contributed by atoms with Gasteiger partial charge < -0.3 is 5.73 Å². The zero-order valence-electron chi connectivity index (χ0n) is 7.94. The molecule has 0 radical (unpaired) electrons. The van der Waals surface area contributed by atoms with E-state index in [4.69, 9.17) is 5.73 Å². The van der Waals surface area contributed by atoms with E-state index >= 15 is 0 Å². The maximum Gasteiger partial charge on any atom is 0.0123 e. The second-order valence-corrected chi connectivity index (χ2v) is 4.35. The molecule has 1 heteroatoms. The van der Waals surface area contributed by atoms with E-state index in [0.29, 0.717) is 5.92 Å². The Morgan fingerprint density at radius 2 is 1.60 bits per heavy atom. The van der Waals surface area contributed by atoms with E-state index in [-0.39, 0.29) is 5.54 Å². The van der Waals surface area contributed by atoms with Crippen molar-refractivity contribution < 1.29 is 0 Å². The predicted octanol–water partition coefficient (Wildman–Crippen LogP) is 2.41. The molecule has 0 aromatic heterocycles. The minimum absolute atomic E-state index is 0.00965. The predicted molar refractivity (Wildman–Crippen MR) is 46.9 cm³/mol. The third-order valence-corrected chi connectivity index (χ3v) is 2.10. The van der Waals surface area contributed by atoms with E-state index in [1.165, 1.54) is 6.42 Å². The summed E-state index contributed by atoms with van der Waals surface area (Å²) in [7, 11) is 0. The largest absolute Gasteiger partial charge is 0.325 e. The van der Waals surface area contributed by atoms with Crippen LogP contribution in [0.1, 0.15) is 41.0 Å². The molecular weight excluding hydrogens is 122 g/mol. The highest BCUT2D eigenvalue weighted by Crippen LogP contribution is 2.20. The molecule has 0 aromatic rings. The van der Waals surface area contributed by atoms with Crippen molar-refractivity contribution >= 4 is 0 Å². The van der Waals surface area contributed by atoms with E-state index in [9.17, 15) is 0 Å². The van der Waals surface area contributed by atoms with Crippen LogP contribution in [-0.4, -0.2) is 5.54 Å². The summed E-state index contributed by atoms with van der Waals surface area (Å²) in [6.45, 7) is 10.9. The van der Waals surface area contributed by atoms with E-state index < -0.39 is 0 Å². The second-order valence-electron chi connectivity index (χ2n) is 4.35. The fourth-order valence-electron chi connectivity index (χ4n) is 1.01. The fraction of sp³-hybridized carbons (Fsp3) is 1.00. The van der Waals surface area contributed by atoms with Gasteiger partial charge in [0.1, 0.15) is 0 Å². The Balaban J connectivity index is 3.73. The van der Waals surface area contributed by atoms with Crippen molar-refractivity contribution in [2.45, 2.75) is 46.6 Å². The molecule has 0 bridgehead atoms. The summed E-state index contributed by atoms with van der Waals surface area (Å²) in [5, 5.41) is 0. The van der Waals surface area contributed by atoms with Gasteiger partial charge in [-0.2, -0.15) is 0 Å². The average Bonchev–Trinajstić information content (AvgIpc) is 1.60. The average molecular weight is 143 g/mol. The van der Waals surface area contributed by atoms with Crippen molar-refractivity contribution in [1.82, 2.24) is 0 Å². The summed E-state index contributed by atoms with van der Waals surface area (Å²) in [5.74, 6) is 1.38. The SMILES string of the molecule is CC(C)C[C@@H](C)C(C)(C)N. The van der Waals surface area contributed by atoms with Crippen molar-refractivity contribution in [1.29, 1.82) is 0 Å². The van der Waals surface area contributed by atoms with Crippen LogP contribution >= 0.6 is 0 Å². The summed E-state index contributed by atoms with van der Waals surface area (Å²) in [6.07, 6.45) is 1.23. The van der Waals surface area contributed by atoms with Gasteiger partial charge in [-0.3, -0.25) is 0 Å². The van der Waals surface area contributed by atoms with Crippen LogP contribution < -0.4 is 5.73 Å². The number of hydrogen-bond acceptors (Lipinski definition) is 1. The molecule has 1 atom stereocenters. The molecule has 1 nitrogen and oxygen atoms in total. The minimum atomic E-state index is -0.00965. The number of nitrogens with two attached hydrogens (primary N) is 1. The Morgan fingerprint density at radius 3 is 1.70 bits per heavy atom. The first-order valence-electron chi connectivity index (χ1n) is 4.13. The van der Waals surface area contributed by atoms with Crippen molar-refractivity contribution in [2.75, 3.05) is 0 Å². The third kappa shape index (κ3) is 3.89. The molecule has 2 N–H and O–H groups in total. The first kappa shape index (κ1) is 9.96. The van der Waals surface area contributed by atoms with Gasteiger partial charge in [-0.25, -0.2) is 0 Å². The normalized spacial score (nSPS) is 15.9. The quantitative estimate of drug-likeness (QED) is 0.645. The highest BCUT2D eigenvalue weighted by molar-refractivity contribution is 4.79. The van der Waals surface area contributed by atoms with Gasteiger partial charge in [0, 0.05) is 5.54 Å². The topological polar surface area (TPSA) is 26.0 Å². The lowest BCUT2D eigenvalue weighted by atomic mass is 9.84. The van der Waals surface area contributed by atoms with Gasteiger partial charge in [0.05, 0.1) is 0 Å². The van der Waals surface area contributed by atoms with Crippen LogP contribution in [0.3, 0.4) is 0 Å². The molecule has 62 valence electrons. The summed E-state index contributed by atoms with van der Waals surface area (Å²) in [6, 6.07) is 0. The van der Waals surface area contributed by atoms with E-state index in [2.05, 4.69) is 34.6 Å². The minimum Gasteiger partial charge on any atom is -0.325 e. The lowest BCUT2D eigenvalue weighted by Crippen LogP contribution is -2.39. The summed E-state index contributed by atoms with van der Waals surface area (Å²) < 4.78 is 0. The molecule has 0 aromatic carbocycles. The van der Waals surface area contributed by atoms with Gasteiger partial charge in [-0.05, 0) is 32.1 Å². The summed E-state index contributed by atoms with van der Waals surface area (Å²) >= 11 is 0. The molecule has 0 unspecified atom stereocenters. The molecule has 0 heterocycles. The Labute approximate surface area is 65.0 Å². The van der Waals surface area contributed by atoms with Gasteiger partial charge in [-0.15, -0.1) is 0 Å². The lowest BCUT2D eigenvalue weighted by molar-refractivity contribution is 0.294. The maximum absolute atomic E-state index is 5.93. The molecule has 0 saturated carbocycles. The van der Waals surface area contributed by atoms with Crippen LogP contribution in [0.25, 0.3) is 0 Å². The lowest BCUT2D eigenvalue weighted by Gasteiger charge is -2.28. The molecule has 0 spiro atoms. The number of rotatable bonds is 3.